The van der Waals surface area contributed by atoms with E-state index < -0.39 is 30.1 Å². The van der Waals surface area contributed by atoms with E-state index in [0.717, 1.165) is 18.2 Å². The van der Waals surface area contributed by atoms with E-state index in [2.05, 4.69) is 16.8 Å². The Morgan fingerprint density at radius 3 is 2.33 bits per heavy atom. The molecular formula is C23H24F3N3O4. The van der Waals surface area contributed by atoms with E-state index in [-0.39, 0.29) is 10.9 Å². The standard InChI is InChI=1S/C23H24F3N3O4/c1-5-20(31)33-21(19(30)13-22(2,3)4)32-16-9-7-15(8-10-16)29-27-17-11-6-14(23(24,25)26)12-18(17)28-29/h5-12,19,21,30H,1,13H2,2-4H3. The predicted octanol–water partition coefficient (Wildman–Crippen LogP) is 4.67. The Balaban J connectivity index is 1.80. The van der Waals surface area contributed by atoms with Crippen molar-refractivity contribution in [3.63, 3.8) is 0 Å². The maximum absolute atomic E-state index is 12.9. The number of halogens is 3. The zero-order chi connectivity index (χ0) is 24.4. The molecule has 33 heavy (non-hydrogen) atoms. The lowest BCUT2D eigenvalue weighted by Crippen LogP contribution is -2.38. The van der Waals surface area contributed by atoms with E-state index in [0.29, 0.717) is 23.4 Å². The molecule has 0 saturated heterocycles. The molecule has 2 aromatic carbocycles. The lowest BCUT2D eigenvalue weighted by Gasteiger charge is -2.28. The molecule has 0 radical (unpaired) electrons. The number of carbonyl (C=O) groups excluding carboxylic acids is 1. The van der Waals surface area contributed by atoms with Gasteiger partial charge in [-0.05, 0) is 54.3 Å². The van der Waals surface area contributed by atoms with Gasteiger partial charge in [-0.1, -0.05) is 27.4 Å². The number of alkyl halides is 3. The maximum atomic E-state index is 12.9. The van der Waals surface area contributed by atoms with Gasteiger partial charge in [0.25, 0.3) is 6.29 Å². The molecule has 0 bridgehead atoms. The van der Waals surface area contributed by atoms with Crippen LogP contribution >= 0.6 is 0 Å². The topological polar surface area (TPSA) is 86.5 Å². The summed E-state index contributed by atoms with van der Waals surface area (Å²) in [5, 5.41) is 18.8. The minimum atomic E-state index is -4.47. The SMILES string of the molecule is C=CC(=O)OC(Oc1ccc(-n2nc3ccc(C(F)(F)F)cc3n2)cc1)C(O)CC(C)(C)C. The van der Waals surface area contributed by atoms with Crippen LogP contribution in [0.25, 0.3) is 16.7 Å². The van der Waals surface area contributed by atoms with Gasteiger partial charge in [-0.15, -0.1) is 10.2 Å². The fourth-order valence-electron chi connectivity index (χ4n) is 3.07. The highest BCUT2D eigenvalue weighted by atomic mass is 19.4. The van der Waals surface area contributed by atoms with E-state index >= 15 is 0 Å². The van der Waals surface area contributed by atoms with Crippen LogP contribution in [0, 0.1) is 5.41 Å². The van der Waals surface area contributed by atoms with E-state index in [4.69, 9.17) is 9.47 Å². The average Bonchev–Trinajstić information content (AvgIpc) is 3.15. The number of aliphatic hydroxyl groups excluding tert-OH is 1. The number of rotatable bonds is 7. The predicted molar refractivity (Wildman–Crippen MR) is 115 cm³/mol. The third-order valence-electron chi connectivity index (χ3n) is 4.56. The molecule has 3 rings (SSSR count). The lowest BCUT2D eigenvalue weighted by molar-refractivity contribution is -0.177. The Labute approximate surface area is 188 Å². The first kappa shape index (κ1) is 24.2. The van der Waals surface area contributed by atoms with Crippen molar-refractivity contribution < 1.29 is 32.5 Å². The number of ether oxygens (including phenoxy) is 2. The van der Waals surface area contributed by atoms with Crippen molar-refractivity contribution in [3.8, 4) is 11.4 Å². The molecule has 10 heteroatoms. The van der Waals surface area contributed by atoms with Crippen molar-refractivity contribution in [2.75, 3.05) is 0 Å². The van der Waals surface area contributed by atoms with Crippen LogP contribution in [0.5, 0.6) is 5.75 Å². The molecular weight excluding hydrogens is 439 g/mol. The van der Waals surface area contributed by atoms with E-state index in [1.807, 2.05) is 20.8 Å². The second-order valence-electron chi connectivity index (χ2n) is 8.64. The number of carbonyl (C=O) groups is 1. The zero-order valence-electron chi connectivity index (χ0n) is 18.3. The largest absolute Gasteiger partial charge is 0.452 e. The number of aromatic nitrogens is 3. The number of fused-ring (bicyclic) bond motifs is 1. The fraction of sp³-hybridized carbons (Fsp3) is 0.348. The Morgan fingerprint density at radius 1 is 1.12 bits per heavy atom. The average molecular weight is 463 g/mol. The molecule has 1 heterocycles. The van der Waals surface area contributed by atoms with Gasteiger partial charge in [0.05, 0.1) is 11.3 Å². The van der Waals surface area contributed by atoms with Crippen LogP contribution in [0.2, 0.25) is 0 Å². The van der Waals surface area contributed by atoms with Crippen molar-refractivity contribution in [1.29, 1.82) is 0 Å². The number of aliphatic hydroxyl groups is 1. The first-order chi connectivity index (χ1) is 15.4. The van der Waals surface area contributed by atoms with Crippen molar-refractivity contribution in [2.45, 2.75) is 45.8 Å². The molecule has 0 aliphatic carbocycles. The van der Waals surface area contributed by atoms with Gasteiger partial charge < -0.3 is 14.6 Å². The van der Waals surface area contributed by atoms with Crippen molar-refractivity contribution >= 4 is 17.0 Å². The molecule has 3 aromatic rings. The molecule has 1 N–H and O–H groups in total. The van der Waals surface area contributed by atoms with Gasteiger partial charge in [-0.2, -0.15) is 18.0 Å². The lowest BCUT2D eigenvalue weighted by atomic mass is 9.89. The highest BCUT2D eigenvalue weighted by Gasteiger charge is 2.31. The second kappa shape index (κ2) is 9.22. The first-order valence-electron chi connectivity index (χ1n) is 10.1. The van der Waals surface area contributed by atoms with Gasteiger partial charge in [0, 0.05) is 6.08 Å². The normalized spacial score (nSPS) is 14.0. The maximum Gasteiger partial charge on any atom is 0.416 e. The third kappa shape index (κ3) is 6.32. The minimum absolute atomic E-state index is 0.104. The van der Waals surface area contributed by atoms with Gasteiger partial charge in [-0.25, -0.2) is 4.79 Å². The van der Waals surface area contributed by atoms with Crippen LogP contribution < -0.4 is 4.74 Å². The van der Waals surface area contributed by atoms with Crippen molar-refractivity contribution in [3.05, 3.63) is 60.7 Å². The Hall–Kier alpha value is -3.40. The third-order valence-corrected chi connectivity index (χ3v) is 4.56. The molecule has 0 saturated carbocycles. The number of hydrogen-bond acceptors (Lipinski definition) is 6. The van der Waals surface area contributed by atoms with Crippen molar-refractivity contribution in [2.24, 2.45) is 5.41 Å². The van der Waals surface area contributed by atoms with Gasteiger partial charge in [0.15, 0.2) is 0 Å². The van der Waals surface area contributed by atoms with E-state index in [9.17, 15) is 23.1 Å². The summed E-state index contributed by atoms with van der Waals surface area (Å²) in [7, 11) is 0. The summed E-state index contributed by atoms with van der Waals surface area (Å²) in [5.74, 6) is -0.445. The monoisotopic (exact) mass is 463 g/mol. The molecule has 1 aromatic heterocycles. The summed E-state index contributed by atoms with van der Waals surface area (Å²) >= 11 is 0. The second-order valence-corrected chi connectivity index (χ2v) is 8.64. The quantitative estimate of drug-likeness (QED) is 0.311. The number of hydrogen-bond donors (Lipinski definition) is 1. The Kier molecular flexibility index (Phi) is 6.78. The number of esters is 1. The molecule has 0 spiro atoms. The number of benzene rings is 2. The Bertz CT molecular complexity index is 1130. The smallest absolute Gasteiger partial charge is 0.416 e. The summed E-state index contributed by atoms with van der Waals surface area (Å²) in [6, 6.07) is 9.40. The summed E-state index contributed by atoms with van der Waals surface area (Å²) in [4.78, 5) is 12.9. The molecule has 0 amide bonds. The van der Waals surface area contributed by atoms with Crippen LogP contribution in [0.1, 0.15) is 32.8 Å². The summed E-state index contributed by atoms with van der Waals surface area (Å²) < 4.78 is 49.6. The highest BCUT2D eigenvalue weighted by molar-refractivity contribution is 5.81. The molecule has 176 valence electrons. The zero-order valence-corrected chi connectivity index (χ0v) is 18.3. The minimum Gasteiger partial charge on any atom is -0.452 e. The van der Waals surface area contributed by atoms with Crippen LogP contribution in [-0.2, 0) is 15.7 Å². The highest BCUT2D eigenvalue weighted by Crippen LogP contribution is 2.31. The summed E-state index contributed by atoms with van der Waals surface area (Å²) in [6.07, 6.45) is -5.54. The van der Waals surface area contributed by atoms with Gasteiger partial charge >= 0.3 is 12.1 Å². The molecule has 0 aliphatic heterocycles. The van der Waals surface area contributed by atoms with Gasteiger partial charge in [0.2, 0.25) is 0 Å². The molecule has 0 fully saturated rings. The number of nitrogens with zero attached hydrogens (tertiary/aromatic N) is 3. The van der Waals surface area contributed by atoms with Gasteiger partial charge in [-0.3, -0.25) is 0 Å². The molecule has 0 aliphatic rings. The van der Waals surface area contributed by atoms with E-state index in [1.54, 1.807) is 24.3 Å². The van der Waals surface area contributed by atoms with Crippen LogP contribution in [0.15, 0.2) is 55.1 Å². The molecule has 7 nitrogen and oxygen atoms in total. The van der Waals surface area contributed by atoms with Crippen LogP contribution in [0.4, 0.5) is 13.2 Å². The van der Waals surface area contributed by atoms with Crippen LogP contribution in [0.3, 0.4) is 0 Å². The van der Waals surface area contributed by atoms with Crippen LogP contribution in [-0.4, -0.2) is 38.5 Å². The molecule has 2 unspecified atom stereocenters. The fourth-order valence-corrected chi connectivity index (χ4v) is 3.07. The van der Waals surface area contributed by atoms with Gasteiger partial charge in [0.1, 0.15) is 22.9 Å². The first-order valence-corrected chi connectivity index (χ1v) is 10.1. The summed E-state index contributed by atoms with van der Waals surface area (Å²) in [5.41, 5.74) is -0.163. The Morgan fingerprint density at radius 2 is 1.76 bits per heavy atom. The van der Waals surface area contributed by atoms with Crippen molar-refractivity contribution in [1.82, 2.24) is 15.0 Å². The molecule has 2 atom stereocenters. The van der Waals surface area contributed by atoms with E-state index in [1.165, 1.54) is 10.9 Å². The summed E-state index contributed by atoms with van der Waals surface area (Å²) in [6.45, 7) is 9.13.